The summed E-state index contributed by atoms with van der Waals surface area (Å²) in [5, 5.41) is 1.15. The molecule has 3 aromatic heterocycles. The summed E-state index contributed by atoms with van der Waals surface area (Å²) in [6.07, 6.45) is 7.64. The summed E-state index contributed by atoms with van der Waals surface area (Å²) in [4.78, 5) is 21.6. The molecule has 0 aliphatic carbocycles. The van der Waals surface area contributed by atoms with Gasteiger partial charge in [0, 0.05) is 5.41 Å². The summed E-state index contributed by atoms with van der Waals surface area (Å²) < 4.78 is 0. The third-order valence-corrected chi connectivity index (χ3v) is 10.3. The first-order valence-corrected chi connectivity index (χ1v) is 16.8. The van der Waals surface area contributed by atoms with E-state index in [4.69, 9.17) is 19.9 Å². The Morgan fingerprint density at radius 1 is 0.591 bits per heavy atom. The fourth-order valence-corrected chi connectivity index (χ4v) is 8.03. The largest absolute Gasteiger partial charge is 2.00 e. The van der Waals surface area contributed by atoms with Crippen LogP contribution in [0.25, 0.3) is 44.1 Å². The Morgan fingerprint density at radius 2 is 1.11 bits per heavy atom. The maximum absolute atomic E-state index is 5.50. The molecule has 0 N–H and O–H groups in total. The topological polar surface area (TPSA) is 54.0 Å². The van der Waals surface area contributed by atoms with Crippen molar-refractivity contribution in [1.82, 2.24) is 19.9 Å². The second-order valence-electron chi connectivity index (χ2n) is 12.0. The van der Waals surface area contributed by atoms with Crippen LogP contribution in [0.2, 0.25) is 0 Å². The zero-order chi connectivity index (χ0) is 30.5. The van der Waals surface area contributed by atoms with E-state index >= 15 is 0 Å². The van der Waals surface area contributed by atoms with Gasteiger partial charge in [0.25, 0.3) is 0 Å². The minimum Gasteiger partial charge on any atom is -0.657 e. The van der Waals surface area contributed by atoms with E-state index in [1.54, 1.807) is 0 Å². The number of hydrogen-bond acceptors (Lipinski definition) is 2. The Morgan fingerprint density at radius 3 is 1.64 bits per heavy atom. The van der Waals surface area contributed by atoms with Crippen LogP contribution in [0.3, 0.4) is 0 Å². The third-order valence-electron chi connectivity index (χ3n) is 10.3. The van der Waals surface area contributed by atoms with Gasteiger partial charge in [-0.1, -0.05) is 114 Å². The molecule has 0 saturated carbocycles. The summed E-state index contributed by atoms with van der Waals surface area (Å²) in [7, 11) is 0. The molecule has 4 aromatic rings. The monoisotopic (exact) mass is 633 g/mol. The molecule has 8 bridgehead atoms. The Labute approximate surface area is 273 Å². The molecular weight excluding hydrogens is 588 g/mol. The standard InChI is InChI=1S/C39H46N4.Cu/c1-9-23-24(10-2)33-21-34-27(13-5)28(14-6)37(42-34)29-18-17-19-30-38(29)43-36(39(30,15-7)16-8)22-35-26(12-4)25(11-3)32(41-35)20-31(23)40-33;/h17-22H,9-16H2,1-8H3;/q-2;+2. The van der Waals surface area contributed by atoms with Gasteiger partial charge in [-0.3, -0.25) is 4.98 Å². The molecule has 2 aliphatic rings. The van der Waals surface area contributed by atoms with Gasteiger partial charge in [-0.25, -0.2) is 4.98 Å². The smallest absolute Gasteiger partial charge is 0.657 e. The zero-order valence-electron chi connectivity index (χ0n) is 27.7. The van der Waals surface area contributed by atoms with E-state index in [1.165, 1.54) is 39.0 Å². The number of nitrogens with zero attached hydrogens (tertiary/aromatic N) is 4. The van der Waals surface area contributed by atoms with Gasteiger partial charge >= 0.3 is 17.1 Å². The molecule has 1 radical (unpaired) electrons. The molecule has 0 amide bonds. The molecule has 0 saturated heterocycles. The second-order valence-corrected chi connectivity index (χ2v) is 12.0. The van der Waals surface area contributed by atoms with E-state index in [1.807, 2.05) is 0 Å². The Balaban J connectivity index is 0.00000384. The molecule has 0 spiro atoms. The van der Waals surface area contributed by atoms with E-state index in [0.29, 0.717) is 0 Å². The van der Waals surface area contributed by atoms with Gasteiger partial charge in [0.05, 0.1) is 22.6 Å². The molecule has 5 heteroatoms. The number of fused-ring (bicyclic) bond motifs is 8. The number of rotatable bonds is 8. The number of allylic oxidation sites excluding steroid dienone is 2. The molecule has 5 heterocycles. The molecule has 4 nitrogen and oxygen atoms in total. The fourth-order valence-electron chi connectivity index (χ4n) is 8.03. The average Bonchev–Trinajstić information content (AvgIpc) is 3.74. The van der Waals surface area contributed by atoms with Crippen LogP contribution in [0, 0.1) is 0 Å². The van der Waals surface area contributed by atoms with Gasteiger partial charge in [-0.05, 0) is 73.5 Å². The first kappa shape index (κ1) is 32.3. The Bertz CT molecular complexity index is 1920. The predicted octanol–water partition coefficient (Wildman–Crippen LogP) is 9.81. The van der Waals surface area contributed by atoms with Crippen molar-refractivity contribution in [2.75, 3.05) is 0 Å². The van der Waals surface area contributed by atoms with E-state index in [2.05, 4.69) is 91.8 Å². The average molecular weight is 634 g/mol. The fraction of sp³-hybridized carbons (Fsp3) is 0.436. The molecule has 2 aliphatic heterocycles. The van der Waals surface area contributed by atoms with Gasteiger partial charge in [0.2, 0.25) is 0 Å². The molecule has 0 fully saturated rings. The van der Waals surface area contributed by atoms with E-state index in [9.17, 15) is 0 Å². The minimum absolute atomic E-state index is 0. The number of aromatic nitrogens is 4. The summed E-state index contributed by atoms with van der Waals surface area (Å²) in [5.74, 6) is 0. The zero-order valence-corrected chi connectivity index (χ0v) is 28.7. The van der Waals surface area contributed by atoms with E-state index in [-0.39, 0.29) is 22.5 Å². The summed E-state index contributed by atoms with van der Waals surface area (Å²) in [6, 6.07) is 13.6. The SMILES string of the molecule is CCC1=C(CC)c2cc3[n-]c(c(CC)c3CC)c3cccc4c3nc(cc3[n-]c(cc1n2)c(CC)c3CC)C4(CC)CC.[Cu+2]. The van der Waals surface area contributed by atoms with Crippen molar-refractivity contribution in [3.8, 4) is 0 Å². The van der Waals surface area contributed by atoms with Crippen molar-refractivity contribution in [1.29, 1.82) is 0 Å². The van der Waals surface area contributed by atoms with Crippen molar-refractivity contribution in [2.45, 2.75) is 112 Å². The maximum atomic E-state index is 5.50. The molecule has 233 valence electrons. The van der Waals surface area contributed by atoms with Gasteiger partial charge < -0.3 is 9.97 Å². The van der Waals surface area contributed by atoms with Crippen molar-refractivity contribution in [3.63, 3.8) is 0 Å². The molecule has 0 unspecified atom stereocenters. The number of aryl methyl sites for hydroxylation is 4. The first-order chi connectivity index (χ1) is 20.9. The molecular formula is C39H46CuN4. The van der Waals surface area contributed by atoms with E-state index in [0.717, 1.165) is 101 Å². The second kappa shape index (κ2) is 12.7. The van der Waals surface area contributed by atoms with Crippen LogP contribution in [0.5, 0.6) is 0 Å². The number of benzene rings is 1. The van der Waals surface area contributed by atoms with Crippen LogP contribution in [-0.2, 0) is 48.2 Å². The van der Waals surface area contributed by atoms with Crippen molar-refractivity contribution >= 4 is 44.1 Å². The Hall–Kier alpha value is -3.14. The van der Waals surface area contributed by atoms with Crippen LogP contribution in [0.4, 0.5) is 0 Å². The van der Waals surface area contributed by atoms with Crippen molar-refractivity contribution in [2.24, 2.45) is 0 Å². The summed E-state index contributed by atoms with van der Waals surface area (Å²) in [5.41, 5.74) is 17.8. The van der Waals surface area contributed by atoms with Gasteiger partial charge in [-0.15, -0.1) is 22.1 Å². The molecule has 44 heavy (non-hydrogen) atoms. The minimum atomic E-state index is -0.145. The van der Waals surface area contributed by atoms with Crippen LogP contribution >= 0.6 is 0 Å². The summed E-state index contributed by atoms with van der Waals surface area (Å²) in [6.45, 7) is 18.1. The van der Waals surface area contributed by atoms with Crippen molar-refractivity contribution < 1.29 is 17.1 Å². The van der Waals surface area contributed by atoms with Gasteiger partial charge in [0.1, 0.15) is 0 Å². The number of hydrogen-bond donors (Lipinski definition) is 0. The maximum Gasteiger partial charge on any atom is 2.00 e. The molecule has 6 rings (SSSR count). The van der Waals surface area contributed by atoms with E-state index < -0.39 is 0 Å². The van der Waals surface area contributed by atoms with Crippen LogP contribution in [0.1, 0.15) is 126 Å². The normalized spacial score (nSPS) is 14.1. The predicted molar refractivity (Wildman–Crippen MR) is 183 cm³/mol. The van der Waals surface area contributed by atoms with Gasteiger partial charge in [0.15, 0.2) is 0 Å². The van der Waals surface area contributed by atoms with Crippen LogP contribution in [-0.4, -0.2) is 9.97 Å². The number of para-hydroxylation sites is 1. The molecule has 0 atom stereocenters. The quantitative estimate of drug-likeness (QED) is 0.181. The van der Waals surface area contributed by atoms with Crippen LogP contribution in [0.15, 0.2) is 36.4 Å². The van der Waals surface area contributed by atoms with Crippen LogP contribution < -0.4 is 9.97 Å². The summed E-state index contributed by atoms with van der Waals surface area (Å²) >= 11 is 0. The third kappa shape index (κ3) is 4.70. The van der Waals surface area contributed by atoms with Gasteiger partial charge in [-0.2, -0.15) is 0 Å². The Kier molecular flexibility index (Phi) is 9.31. The van der Waals surface area contributed by atoms with Crippen molar-refractivity contribution in [3.05, 3.63) is 81.3 Å². The molecule has 1 aromatic carbocycles. The first-order valence-electron chi connectivity index (χ1n) is 16.8.